The first-order valence-electron chi connectivity index (χ1n) is 12.5. The average Bonchev–Trinajstić information content (AvgIpc) is 2.61. The standard InChI is InChI=1S/C27H43I/c1-18-7-8-19-11-16-27(28)21(20(19)17-18)9-10-23-25(4)14-6-13-24(2,3)22(25)12-15-26(23,27)5/h9,18-20,22-23H,6-8,10-17H2,1-5H3/t18-,19?,20?,22?,23?,25+,26-,27+/m1/s1. The Kier molecular flexibility index (Phi) is 4.72. The molecule has 1 heteroatoms. The van der Waals surface area contributed by atoms with Gasteiger partial charge < -0.3 is 0 Å². The topological polar surface area (TPSA) is 0 Å². The molecule has 5 aliphatic rings. The van der Waals surface area contributed by atoms with Gasteiger partial charge in [-0.05, 0) is 104 Å². The molecule has 5 aliphatic carbocycles. The predicted octanol–water partition coefficient (Wildman–Crippen LogP) is 8.59. The molecule has 5 rings (SSSR count). The minimum Gasteiger partial charge on any atom is -0.0834 e. The van der Waals surface area contributed by atoms with Gasteiger partial charge in [0.2, 0.25) is 0 Å². The molecule has 0 saturated heterocycles. The zero-order chi connectivity index (χ0) is 19.9. The van der Waals surface area contributed by atoms with Crippen LogP contribution in [0.15, 0.2) is 11.6 Å². The third kappa shape index (κ3) is 2.59. The first-order valence-corrected chi connectivity index (χ1v) is 13.6. The maximum atomic E-state index is 3.03. The van der Waals surface area contributed by atoms with Crippen LogP contribution in [0.2, 0.25) is 0 Å². The van der Waals surface area contributed by atoms with E-state index in [1.165, 1.54) is 70.6 Å². The molecule has 0 aromatic rings. The van der Waals surface area contributed by atoms with Crippen molar-refractivity contribution in [3.8, 4) is 0 Å². The summed E-state index contributed by atoms with van der Waals surface area (Å²) in [4.78, 5) is 0. The third-order valence-electron chi connectivity index (χ3n) is 11.2. The van der Waals surface area contributed by atoms with E-state index in [0.29, 0.717) is 19.7 Å². The fraction of sp³-hybridized carbons (Fsp3) is 0.926. The van der Waals surface area contributed by atoms with Gasteiger partial charge in [0.1, 0.15) is 0 Å². The molecule has 0 amide bonds. The highest BCUT2D eigenvalue weighted by molar-refractivity contribution is 14.1. The van der Waals surface area contributed by atoms with Gasteiger partial charge in [0, 0.05) is 3.42 Å². The number of halogens is 1. The molecule has 0 heterocycles. The van der Waals surface area contributed by atoms with Crippen molar-refractivity contribution in [1.29, 1.82) is 0 Å². The van der Waals surface area contributed by atoms with Crippen LogP contribution in [-0.4, -0.2) is 3.42 Å². The van der Waals surface area contributed by atoms with Crippen LogP contribution in [-0.2, 0) is 0 Å². The molecule has 0 bridgehead atoms. The molecule has 0 aromatic heterocycles. The molecule has 4 unspecified atom stereocenters. The fourth-order valence-electron chi connectivity index (χ4n) is 9.82. The van der Waals surface area contributed by atoms with Gasteiger partial charge in [-0.3, -0.25) is 0 Å². The van der Waals surface area contributed by atoms with Crippen LogP contribution in [0.5, 0.6) is 0 Å². The molecule has 8 atom stereocenters. The van der Waals surface area contributed by atoms with Gasteiger partial charge in [-0.15, -0.1) is 0 Å². The summed E-state index contributed by atoms with van der Waals surface area (Å²) >= 11 is 3.03. The van der Waals surface area contributed by atoms with E-state index in [4.69, 9.17) is 0 Å². The van der Waals surface area contributed by atoms with Gasteiger partial charge in [-0.2, -0.15) is 0 Å². The van der Waals surface area contributed by atoms with Crippen molar-refractivity contribution in [3.05, 3.63) is 11.6 Å². The van der Waals surface area contributed by atoms with Crippen molar-refractivity contribution >= 4 is 22.6 Å². The highest BCUT2D eigenvalue weighted by Crippen LogP contribution is 2.73. The molecular formula is C27H43I. The van der Waals surface area contributed by atoms with Crippen molar-refractivity contribution in [2.45, 2.75) is 109 Å². The van der Waals surface area contributed by atoms with Crippen LogP contribution < -0.4 is 0 Å². The average molecular weight is 495 g/mol. The second-order valence-electron chi connectivity index (χ2n) is 12.9. The second-order valence-corrected chi connectivity index (χ2v) is 14.8. The molecule has 0 aliphatic heterocycles. The van der Waals surface area contributed by atoms with E-state index in [0.717, 1.165) is 29.6 Å². The lowest BCUT2D eigenvalue weighted by Crippen LogP contribution is -2.63. The molecule has 4 saturated carbocycles. The van der Waals surface area contributed by atoms with E-state index in [-0.39, 0.29) is 0 Å². The predicted molar refractivity (Wildman–Crippen MR) is 129 cm³/mol. The SMILES string of the molecule is C[C@@H]1CCC2CC[C@]3(I)C(=CCC4[C@@]5(C)CCCC(C)(C)C5CC[C@]43C)C2C1. The third-order valence-corrected chi connectivity index (χ3v) is 13.6. The van der Waals surface area contributed by atoms with Crippen LogP contribution in [0.1, 0.15) is 105 Å². The quantitative estimate of drug-likeness (QED) is 0.180. The van der Waals surface area contributed by atoms with Crippen LogP contribution in [0.4, 0.5) is 0 Å². The summed E-state index contributed by atoms with van der Waals surface area (Å²) in [6, 6.07) is 0. The minimum atomic E-state index is 0.446. The van der Waals surface area contributed by atoms with E-state index >= 15 is 0 Å². The summed E-state index contributed by atoms with van der Waals surface area (Å²) in [6.45, 7) is 13.2. The Hall–Kier alpha value is 0.470. The van der Waals surface area contributed by atoms with Crippen molar-refractivity contribution in [1.82, 2.24) is 0 Å². The molecule has 0 N–H and O–H groups in total. The summed E-state index contributed by atoms with van der Waals surface area (Å²) in [6.07, 6.45) is 19.0. The first kappa shape index (κ1) is 20.4. The number of rotatable bonds is 0. The number of fused-ring (bicyclic) bond motifs is 7. The lowest BCUT2D eigenvalue weighted by molar-refractivity contribution is -0.141. The smallest absolute Gasteiger partial charge is 0.0489 e. The Bertz CT molecular complexity index is 676. The van der Waals surface area contributed by atoms with Gasteiger partial charge in [0.15, 0.2) is 0 Å². The van der Waals surface area contributed by atoms with Gasteiger partial charge in [0.25, 0.3) is 0 Å². The first-order chi connectivity index (χ1) is 13.1. The maximum Gasteiger partial charge on any atom is 0.0489 e. The Morgan fingerprint density at radius 2 is 1.68 bits per heavy atom. The van der Waals surface area contributed by atoms with Crippen LogP contribution in [0.3, 0.4) is 0 Å². The highest BCUT2D eigenvalue weighted by atomic mass is 127. The van der Waals surface area contributed by atoms with Crippen molar-refractivity contribution in [3.63, 3.8) is 0 Å². The molecular weight excluding hydrogens is 451 g/mol. The monoisotopic (exact) mass is 494 g/mol. The van der Waals surface area contributed by atoms with Crippen LogP contribution >= 0.6 is 22.6 Å². The minimum absolute atomic E-state index is 0.446. The number of hydrogen-bond acceptors (Lipinski definition) is 0. The molecule has 0 radical (unpaired) electrons. The molecule has 158 valence electrons. The summed E-state index contributed by atoms with van der Waals surface area (Å²) in [5.41, 5.74) is 3.56. The van der Waals surface area contributed by atoms with E-state index in [2.05, 4.69) is 63.3 Å². The van der Waals surface area contributed by atoms with Crippen molar-refractivity contribution < 1.29 is 0 Å². The van der Waals surface area contributed by atoms with E-state index in [9.17, 15) is 0 Å². The number of alkyl halides is 1. The summed E-state index contributed by atoms with van der Waals surface area (Å²) in [5, 5.41) is 0. The maximum absolute atomic E-state index is 3.03. The fourth-order valence-corrected chi connectivity index (χ4v) is 11.4. The van der Waals surface area contributed by atoms with Crippen molar-refractivity contribution in [2.24, 2.45) is 45.8 Å². The highest BCUT2D eigenvalue weighted by Gasteiger charge is 2.66. The largest absolute Gasteiger partial charge is 0.0834 e. The van der Waals surface area contributed by atoms with Crippen LogP contribution in [0.25, 0.3) is 0 Å². The van der Waals surface area contributed by atoms with Gasteiger partial charge in [0.05, 0.1) is 0 Å². The Labute approximate surface area is 188 Å². The van der Waals surface area contributed by atoms with E-state index in [1.807, 2.05) is 5.57 Å². The molecule has 4 fully saturated rings. The summed E-state index contributed by atoms with van der Waals surface area (Å²) < 4.78 is 0.446. The molecule has 0 spiro atoms. The van der Waals surface area contributed by atoms with Gasteiger partial charge in [-0.1, -0.05) is 81.7 Å². The number of allylic oxidation sites excluding steroid dienone is 2. The van der Waals surface area contributed by atoms with Crippen molar-refractivity contribution in [2.75, 3.05) is 0 Å². The normalized spacial score (nSPS) is 55.2. The summed E-state index contributed by atoms with van der Waals surface area (Å²) in [5.74, 6) is 4.70. The molecule has 28 heavy (non-hydrogen) atoms. The van der Waals surface area contributed by atoms with E-state index in [1.54, 1.807) is 0 Å². The number of hydrogen-bond donors (Lipinski definition) is 0. The van der Waals surface area contributed by atoms with Crippen LogP contribution in [0, 0.1) is 45.8 Å². The lowest BCUT2D eigenvalue weighted by Gasteiger charge is -2.69. The zero-order valence-corrected chi connectivity index (χ0v) is 21.3. The zero-order valence-electron chi connectivity index (χ0n) is 19.1. The molecule has 0 nitrogen and oxygen atoms in total. The lowest BCUT2D eigenvalue weighted by atomic mass is 9.38. The van der Waals surface area contributed by atoms with Gasteiger partial charge in [-0.25, -0.2) is 0 Å². The Balaban J connectivity index is 1.56. The summed E-state index contributed by atoms with van der Waals surface area (Å²) in [7, 11) is 0. The Morgan fingerprint density at radius 1 is 0.893 bits per heavy atom. The Morgan fingerprint density at radius 3 is 2.46 bits per heavy atom. The van der Waals surface area contributed by atoms with Gasteiger partial charge >= 0.3 is 0 Å². The second kappa shape index (κ2) is 6.49. The molecule has 0 aromatic carbocycles. The van der Waals surface area contributed by atoms with E-state index < -0.39 is 0 Å².